The Morgan fingerprint density at radius 3 is 2.58 bits per heavy atom. The number of aromatic nitrogens is 2. The van der Waals surface area contributed by atoms with Crippen molar-refractivity contribution in [2.24, 2.45) is 0 Å². The van der Waals surface area contributed by atoms with Crippen molar-refractivity contribution < 1.29 is 19.4 Å². The van der Waals surface area contributed by atoms with E-state index in [-0.39, 0.29) is 28.5 Å². The predicted molar refractivity (Wildman–Crippen MR) is 119 cm³/mol. The molecule has 0 aliphatic carbocycles. The molecular weight excluding hydrogens is 443 g/mol. The van der Waals surface area contributed by atoms with Crippen molar-refractivity contribution in [3.05, 3.63) is 51.8 Å². The SMILES string of the molecule is Cc1[nH]c(C(=O)NC2CCN(c3cc(OC(=O)O)nc4ccccc34)CC2)c(Cl)c1Cl. The number of nitrogens with zero attached hydrogens (tertiary/aromatic N) is 2. The van der Waals surface area contributed by atoms with Crippen molar-refractivity contribution >= 4 is 51.9 Å². The third-order valence-corrected chi connectivity index (χ3v) is 6.26. The highest BCUT2D eigenvalue weighted by Crippen LogP contribution is 2.32. The van der Waals surface area contributed by atoms with E-state index in [2.05, 4.69) is 20.2 Å². The highest BCUT2D eigenvalue weighted by atomic mass is 35.5. The fourth-order valence-corrected chi connectivity index (χ4v) is 4.20. The van der Waals surface area contributed by atoms with E-state index in [4.69, 9.17) is 33.0 Å². The molecule has 3 N–H and O–H groups in total. The van der Waals surface area contributed by atoms with Gasteiger partial charge in [-0.05, 0) is 25.8 Å². The maximum absolute atomic E-state index is 12.6. The summed E-state index contributed by atoms with van der Waals surface area (Å²) in [5.41, 5.74) is 2.42. The number of aromatic amines is 1. The third kappa shape index (κ3) is 4.40. The highest BCUT2D eigenvalue weighted by Gasteiger charge is 2.25. The first kappa shape index (κ1) is 21.3. The molecule has 1 amide bonds. The van der Waals surface area contributed by atoms with E-state index in [0.29, 0.717) is 42.2 Å². The van der Waals surface area contributed by atoms with Crippen molar-refractivity contribution in [2.75, 3.05) is 18.0 Å². The number of aryl methyl sites for hydroxylation is 1. The summed E-state index contributed by atoms with van der Waals surface area (Å²) in [6.07, 6.45) is 0.0129. The monoisotopic (exact) mass is 462 g/mol. The number of piperidine rings is 1. The molecule has 0 radical (unpaired) electrons. The van der Waals surface area contributed by atoms with Crippen LogP contribution in [-0.4, -0.2) is 46.3 Å². The van der Waals surface area contributed by atoms with Crippen molar-refractivity contribution in [2.45, 2.75) is 25.8 Å². The summed E-state index contributed by atoms with van der Waals surface area (Å²) < 4.78 is 4.79. The van der Waals surface area contributed by atoms with Crippen LogP contribution in [0.15, 0.2) is 30.3 Å². The Kier molecular flexibility index (Phi) is 5.93. The Morgan fingerprint density at radius 2 is 1.94 bits per heavy atom. The molecule has 1 aromatic carbocycles. The predicted octanol–water partition coefficient (Wildman–Crippen LogP) is 4.63. The number of carbonyl (C=O) groups is 2. The standard InChI is InChI=1S/C21H20Cl2N4O4/c1-11-17(22)18(23)19(24-11)20(28)25-12-6-8-27(9-7-12)15-10-16(31-21(29)30)26-14-5-3-2-4-13(14)15/h2-5,10,12,24H,6-9H2,1H3,(H,25,28)(H,29,30). The summed E-state index contributed by atoms with van der Waals surface area (Å²) in [7, 11) is 0. The van der Waals surface area contributed by atoms with Gasteiger partial charge in [0.2, 0.25) is 5.88 Å². The number of anilines is 1. The number of ether oxygens (including phenoxy) is 1. The molecule has 3 heterocycles. The number of amides is 1. The molecule has 2 aromatic heterocycles. The van der Waals surface area contributed by atoms with Crippen LogP contribution in [0.3, 0.4) is 0 Å². The molecule has 4 rings (SSSR count). The number of H-pyrrole nitrogens is 1. The minimum atomic E-state index is -1.41. The van der Waals surface area contributed by atoms with Gasteiger partial charge in [-0.3, -0.25) is 4.79 Å². The second-order valence-corrected chi connectivity index (χ2v) is 8.11. The molecule has 1 aliphatic rings. The zero-order valence-electron chi connectivity index (χ0n) is 16.6. The Labute approximate surface area is 188 Å². The second kappa shape index (κ2) is 8.64. The number of halogens is 2. The number of rotatable bonds is 4. The third-order valence-electron chi connectivity index (χ3n) is 5.31. The molecule has 31 heavy (non-hydrogen) atoms. The van der Waals surface area contributed by atoms with Crippen LogP contribution in [0.2, 0.25) is 10.0 Å². The minimum Gasteiger partial charge on any atom is -0.449 e. The molecular formula is C21H20Cl2N4O4. The molecule has 162 valence electrons. The van der Waals surface area contributed by atoms with Gasteiger partial charge < -0.3 is 25.0 Å². The van der Waals surface area contributed by atoms with E-state index in [1.165, 1.54) is 0 Å². The lowest BCUT2D eigenvalue weighted by molar-refractivity contribution is 0.0926. The van der Waals surface area contributed by atoms with Gasteiger partial charge in [0, 0.05) is 36.3 Å². The molecule has 0 bridgehead atoms. The molecule has 1 aliphatic heterocycles. The van der Waals surface area contributed by atoms with Crippen LogP contribution >= 0.6 is 23.2 Å². The van der Waals surface area contributed by atoms with Gasteiger partial charge in [0.05, 0.1) is 21.2 Å². The van der Waals surface area contributed by atoms with Gasteiger partial charge in [-0.2, -0.15) is 0 Å². The van der Waals surface area contributed by atoms with Crippen molar-refractivity contribution in [1.29, 1.82) is 0 Å². The number of carbonyl (C=O) groups excluding carboxylic acids is 1. The van der Waals surface area contributed by atoms with Crippen LogP contribution in [0.1, 0.15) is 29.0 Å². The van der Waals surface area contributed by atoms with Gasteiger partial charge >= 0.3 is 6.16 Å². The van der Waals surface area contributed by atoms with E-state index in [0.717, 1.165) is 11.1 Å². The number of nitrogens with one attached hydrogen (secondary N) is 2. The molecule has 0 atom stereocenters. The number of para-hydroxylation sites is 1. The number of hydrogen-bond donors (Lipinski definition) is 3. The topological polar surface area (TPSA) is 108 Å². The first-order valence-electron chi connectivity index (χ1n) is 9.73. The van der Waals surface area contributed by atoms with Crippen molar-refractivity contribution in [1.82, 2.24) is 15.3 Å². The Morgan fingerprint density at radius 1 is 1.23 bits per heavy atom. The Hall–Kier alpha value is -2.97. The largest absolute Gasteiger partial charge is 0.512 e. The summed E-state index contributed by atoms with van der Waals surface area (Å²) >= 11 is 12.2. The molecule has 10 heteroatoms. The van der Waals surface area contributed by atoms with Crippen LogP contribution in [-0.2, 0) is 0 Å². The maximum atomic E-state index is 12.6. The zero-order valence-corrected chi connectivity index (χ0v) is 18.1. The molecule has 1 saturated heterocycles. The van der Waals surface area contributed by atoms with Gasteiger partial charge in [0.25, 0.3) is 5.91 Å². The van der Waals surface area contributed by atoms with Crippen LogP contribution in [0, 0.1) is 6.92 Å². The molecule has 1 fully saturated rings. The lowest BCUT2D eigenvalue weighted by Crippen LogP contribution is -2.45. The normalized spacial score (nSPS) is 14.6. The van der Waals surface area contributed by atoms with Crippen molar-refractivity contribution in [3.63, 3.8) is 0 Å². The lowest BCUT2D eigenvalue weighted by Gasteiger charge is -2.34. The average molecular weight is 463 g/mol. The van der Waals surface area contributed by atoms with Gasteiger partial charge in [0.15, 0.2) is 0 Å². The Balaban J connectivity index is 1.48. The van der Waals surface area contributed by atoms with Gasteiger partial charge in [-0.1, -0.05) is 41.4 Å². The fraction of sp³-hybridized carbons (Fsp3) is 0.286. The first-order chi connectivity index (χ1) is 14.8. The van der Waals surface area contributed by atoms with Crippen LogP contribution < -0.4 is 15.0 Å². The maximum Gasteiger partial charge on any atom is 0.512 e. The Bertz CT molecular complexity index is 1160. The van der Waals surface area contributed by atoms with Gasteiger partial charge in [0.1, 0.15) is 5.69 Å². The summed E-state index contributed by atoms with van der Waals surface area (Å²) in [5, 5.41) is 13.4. The van der Waals surface area contributed by atoms with E-state index in [1.807, 2.05) is 24.3 Å². The molecule has 3 aromatic rings. The second-order valence-electron chi connectivity index (χ2n) is 7.35. The number of fused-ring (bicyclic) bond motifs is 1. The lowest BCUT2D eigenvalue weighted by atomic mass is 10.0. The minimum absolute atomic E-state index is 0.0231. The van der Waals surface area contributed by atoms with E-state index in [1.54, 1.807) is 13.0 Å². The molecule has 0 saturated carbocycles. The summed E-state index contributed by atoms with van der Waals surface area (Å²) in [4.78, 5) is 32.9. The van der Waals surface area contributed by atoms with Crippen LogP contribution in [0.4, 0.5) is 10.5 Å². The van der Waals surface area contributed by atoms with Gasteiger partial charge in [-0.25, -0.2) is 9.78 Å². The summed E-state index contributed by atoms with van der Waals surface area (Å²) in [6.45, 7) is 3.10. The van der Waals surface area contributed by atoms with Crippen LogP contribution in [0.25, 0.3) is 10.9 Å². The summed E-state index contributed by atoms with van der Waals surface area (Å²) in [6, 6.07) is 9.11. The van der Waals surface area contributed by atoms with E-state index >= 15 is 0 Å². The molecule has 8 nitrogen and oxygen atoms in total. The molecule has 0 unspecified atom stereocenters. The number of hydrogen-bond acceptors (Lipinski definition) is 5. The number of pyridine rings is 1. The number of carboxylic acid groups (broad SMARTS) is 1. The summed E-state index contributed by atoms with van der Waals surface area (Å²) in [5.74, 6) is -0.254. The zero-order chi connectivity index (χ0) is 22.1. The quantitative estimate of drug-likeness (QED) is 0.487. The highest BCUT2D eigenvalue weighted by molar-refractivity contribution is 6.44. The molecule has 0 spiro atoms. The smallest absolute Gasteiger partial charge is 0.449 e. The first-order valence-corrected chi connectivity index (χ1v) is 10.5. The van der Waals surface area contributed by atoms with Crippen molar-refractivity contribution in [3.8, 4) is 5.88 Å². The van der Waals surface area contributed by atoms with E-state index in [9.17, 15) is 9.59 Å². The van der Waals surface area contributed by atoms with Gasteiger partial charge in [-0.15, -0.1) is 0 Å². The fourth-order valence-electron chi connectivity index (χ4n) is 3.79. The van der Waals surface area contributed by atoms with Crippen LogP contribution in [0.5, 0.6) is 5.88 Å². The average Bonchev–Trinajstić information content (AvgIpc) is 3.01. The number of benzene rings is 1. The van der Waals surface area contributed by atoms with E-state index < -0.39 is 6.16 Å².